The molecule has 0 spiro atoms. The number of hydrogen-bond donors (Lipinski definition) is 0. The Bertz CT molecular complexity index is 11.6. The van der Waals surface area contributed by atoms with Gasteiger partial charge in [0.1, 0.15) is 0 Å². The molecule has 0 aliphatic rings. The van der Waals surface area contributed by atoms with Crippen LogP contribution in [0.4, 0.5) is 0 Å². The summed E-state index contributed by atoms with van der Waals surface area (Å²) in [5, 5.41) is 0. The third kappa shape index (κ3) is 19.8. The largest absolute Gasteiger partial charge is 0.187 e. The predicted molar refractivity (Wildman–Crippen MR) is 19.9 cm³/mol. The third-order valence-corrected chi connectivity index (χ3v) is 0. The molecule has 5 heavy (non-hydrogen) atoms. The molecular weight excluding hydrogens is 294 g/mol. The molecule has 0 saturated heterocycles. The van der Waals surface area contributed by atoms with Crippen molar-refractivity contribution in [3.63, 3.8) is 0 Å². The maximum Gasteiger partial charge on any atom is 0.187 e. The van der Waals surface area contributed by atoms with Crippen LogP contribution in [-0.4, -0.2) is 28.3 Å². The molecule has 0 aromatic heterocycles. The van der Waals surface area contributed by atoms with Crippen LogP contribution in [0, 0.1) is 0 Å². The van der Waals surface area contributed by atoms with E-state index in [1.807, 2.05) is 0 Å². The molecule has 0 unspecified atom stereocenters. The maximum atomic E-state index is 0. The molecular formula is H6AlCrMoSiZr. The summed E-state index contributed by atoms with van der Waals surface area (Å²) in [7, 11) is 0. The molecule has 29 valence electrons. The van der Waals surface area contributed by atoms with Gasteiger partial charge in [0.05, 0.1) is 0 Å². The topological polar surface area (TPSA) is 0 Å². The number of hydrogen-bond acceptors (Lipinski definition) is 0. The summed E-state index contributed by atoms with van der Waals surface area (Å²) in [4.78, 5) is 0. The van der Waals surface area contributed by atoms with Crippen molar-refractivity contribution in [2.45, 2.75) is 0 Å². The average Bonchev–Trinajstić information content (AvgIpc) is 0. The first-order valence-corrected chi connectivity index (χ1v) is 0. The molecule has 0 saturated carbocycles. The summed E-state index contributed by atoms with van der Waals surface area (Å²) in [6.45, 7) is 0. The van der Waals surface area contributed by atoms with E-state index in [1.165, 1.54) is 0 Å². The maximum absolute atomic E-state index is 0. The quantitative estimate of drug-likeness (QED) is 0.439. The molecule has 0 aliphatic carbocycles. The summed E-state index contributed by atoms with van der Waals surface area (Å²) >= 11 is 0. The van der Waals surface area contributed by atoms with Crippen LogP contribution in [-0.2, 0) is 64.6 Å². The fourth-order valence-corrected chi connectivity index (χ4v) is 0. The van der Waals surface area contributed by atoms with Gasteiger partial charge in [-0.2, -0.15) is 0 Å². The van der Waals surface area contributed by atoms with E-state index in [0.29, 0.717) is 0 Å². The van der Waals surface area contributed by atoms with Crippen LogP contribution in [0.5, 0.6) is 0 Å². The van der Waals surface area contributed by atoms with E-state index >= 15 is 0 Å². The second kappa shape index (κ2) is 28.8. The van der Waals surface area contributed by atoms with Crippen molar-refractivity contribution >= 4 is 28.3 Å². The van der Waals surface area contributed by atoms with Crippen LogP contribution in [0.15, 0.2) is 0 Å². The van der Waals surface area contributed by atoms with Gasteiger partial charge in [-0.25, -0.2) is 0 Å². The van der Waals surface area contributed by atoms with Crippen LogP contribution in [0.2, 0.25) is 0 Å². The molecule has 0 bridgehead atoms. The van der Waals surface area contributed by atoms with Crippen LogP contribution in [0.3, 0.4) is 0 Å². The van der Waals surface area contributed by atoms with Gasteiger partial charge in [-0.1, -0.05) is 0 Å². The predicted octanol–water partition coefficient (Wildman–Crippen LogP) is -2.38. The Balaban J connectivity index is 0. The van der Waals surface area contributed by atoms with Crippen LogP contribution < -0.4 is 0 Å². The monoisotopic (exact) mass is 301 g/mol. The summed E-state index contributed by atoms with van der Waals surface area (Å²) in [6.07, 6.45) is 0. The Morgan fingerprint density at radius 2 is 1.00 bits per heavy atom. The molecule has 0 aliphatic heterocycles. The Morgan fingerprint density at radius 3 is 1.00 bits per heavy atom. The molecule has 0 aromatic carbocycles. The van der Waals surface area contributed by atoms with E-state index in [9.17, 15) is 0 Å². The van der Waals surface area contributed by atoms with Gasteiger partial charge >= 0.3 is 0 Å². The standard InChI is InChI=1S/Al.Cr.Mo.H3Si.Zr.3H/h;;;1H3;;;;. The fraction of sp³-hybridized carbons (Fsp3) is 0. The molecule has 0 fully saturated rings. The molecule has 0 aromatic rings. The Hall–Kier alpha value is 2.85. The smallest absolute Gasteiger partial charge is 0.0125 e. The molecule has 1 radical (unpaired) electrons. The van der Waals surface area contributed by atoms with Crippen molar-refractivity contribution in [3.8, 4) is 0 Å². The second-order valence-electron chi connectivity index (χ2n) is 0. The van der Waals surface area contributed by atoms with Gasteiger partial charge in [-0.05, 0) is 11.0 Å². The minimum Gasteiger partial charge on any atom is -0.0125 e. The molecule has 0 heterocycles. The zero-order chi connectivity index (χ0) is 0. The zero-order valence-electron chi connectivity index (χ0n) is 2.32. The Labute approximate surface area is 91.5 Å². The molecule has 0 rings (SSSR count). The minimum absolute atomic E-state index is 0. The molecule has 0 atom stereocenters. The van der Waals surface area contributed by atoms with E-state index in [1.54, 1.807) is 0 Å². The van der Waals surface area contributed by atoms with E-state index in [-0.39, 0.29) is 93.0 Å². The van der Waals surface area contributed by atoms with Crippen molar-refractivity contribution in [1.82, 2.24) is 0 Å². The van der Waals surface area contributed by atoms with Gasteiger partial charge in [-0.15, -0.1) is 0 Å². The van der Waals surface area contributed by atoms with E-state index in [0.717, 1.165) is 0 Å². The van der Waals surface area contributed by atoms with Crippen molar-refractivity contribution in [1.29, 1.82) is 0 Å². The van der Waals surface area contributed by atoms with Crippen molar-refractivity contribution in [2.75, 3.05) is 0 Å². The van der Waals surface area contributed by atoms with Gasteiger partial charge in [0.25, 0.3) is 0 Å². The first-order chi connectivity index (χ1) is 0. The van der Waals surface area contributed by atoms with E-state index in [4.69, 9.17) is 0 Å². The second-order valence-corrected chi connectivity index (χ2v) is 0. The molecule has 0 N–H and O–H groups in total. The van der Waals surface area contributed by atoms with E-state index in [2.05, 4.69) is 0 Å². The van der Waals surface area contributed by atoms with Crippen LogP contribution in [0.1, 0.15) is 0 Å². The molecule has 0 amide bonds. The SMILES string of the molecule is [AlH3].[Cr].[Mo].[SiH3].[Zr]. The third-order valence-electron chi connectivity index (χ3n) is 0. The minimum atomic E-state index is 0. The molecule has 0 nitrogen and oxygen atoms in total. The normalized spacial score (nSPS) is 0. The van der Waals surface area contributed by atoms with Gasteiger partial charge in [0, 0.05) is 64.6 Å². The van der Waals surface area contributed by atoms with Crippen molar-refractivity contribution < 1.29 is 64.6 Å². The number of rotatable bonds is 0. The van der Waals surface area contributed by atoms with Crippen LogP contribution in [0.25, 0.3) is 0 Å². The fourth-order valence-electron chi connectivity index (χ4n) is 0. The molecule has 5 heteroatoms. The Kier molecular flexibility index (Phi) is 261. The van der Waals surface area contributed by atoms with Crippen molar-refractivity contribution in [2.24, 2.45) is 0 Å². The summed E-state index contributed by atoms with van der Waals surface area (Å²) < 4.78 is 0. The zero-order valence-corrected chi connectivity index (χ0v) is 10.1. The van der Waals surface area contributed by atoms with Crippen LogP contribution >= 0.6 is 0 Å². The average molecular weight is 300 g/mol. The summed E-state index contributed by atoms with van der Waals surface area (Å²) in [5.41, 5.74) is 0. The van der Waals surface area contributed by atoms with Gasteiger partial charge in [0.15, 0.2) is 17.4 Å². The van der Waals surface area contributed by atoms with Crippen molar-refractivity contribution in [3.05, 3.63) is 0 Å². The summed E-state index contributed by atoms with van der Waals surface area (Å²) in [5.74, 6) is 0. The Morgan fingerprint density at radius 1 is 1.00 bits per heavy atom. The van der Waals surface area contributed by atoms with Gasteiger partial charge in [0.2, 0.25) is 0 Å². The first kappa shape index (κ1) is 45.3. The first-order valence-electron chi connectivity index (χ1n) is 0. The van der Waals surface area contributed by atoms with Gasteiger partial charge < -0.3 is 0 Å². The summed E-state index contributed by atoms with van der Waals surface area (Å²) in [6, 6.07) is 0. The van der Waals surface area contributed by atoms with Gasteiger partial charge in [-0.3, -0.25) is 0 Å². The van der Waals surface area contributed by atoms with E-state index < -0.39 is 0 Å².